The van der Waals surface area contributed by atoms with Gasteiger partial charge in [-0.15, -0.1) is 0 Å². The Morgan fingerprint density at radius 2 is 2.19 bits per heavy atom. The highest BCUT2D eigenvalue weighted by atomic mass is 32.1. The average molecular weight is 369 g/mol. The number of carbonyl (C=O) groups excluding carboxylic acids is 1. The van der Waals surface area contributed by atoms with Crippen LogP contribution < -0.4 is 10.1 Å². The topological polar surface area (TPSA) is 84.8 Å². The quantitative estimate of drug-likeness (QED) is 0.653. The molecule has 1 aromatic carbocycles. The third kappa shape index (κ3) is 4.15. The maximum absolute atomic E-state index is 12.3. The molecular weight excluding hydrogens is 350 g/mol. The van der Waals surface area contributed by atoms with Crippen molar-refractivity contribution in [3.63, 3.8) is 0 Å². The summed E-state index contributed by atoms with van der Waals surface area (Å²) in [6.07, 6.45) is 1.67. The van der Waals surface area contributed by atoms with Crippen molar-refractivity contribution in [1.82, 2.24) is 25.1 Å². The zero-order valence-corrected chi connectivity index (χ0v) is 15.3. The summed E-state index contributed by atoms with van der Waals surface area (Å²) in [6.45, 7) is 2.47. The van der Waals surface area contributed by atoms with Crippen molar-refractivity contribution in [3.8, 4) is 17.3 Å². The number of aromatic nitrogens is 4. The number of rotatable bonds is 6. The van der Waals surface area contributed by atoms with Gasteiger partial charge in [0.2, 0.25) is 11.8 Å². The number of nitrogens with zero attached hydrogens (tertiary/aromatic N) is 3. The second kappa shape index (κ2) is 7.92. The van der Waals surface area contributed by atoms with Crippen LogP contribution in [0, 0.1) is 11.7 Å². The number of methoxy groups -OCH3 is 1. The van der Waals surface area contributed by atoms with Crippen LogP contribution in [0.4, 0.5) is 0 Å². The molecule has 2 aromatic heterocycles. The van der Waals surface area contributed by atoms with Crippen LogP contribution >= 0.6 is 12.2 Å². The number of hydrogen-bond donors (Lipinski definition) is 2. The lowest BCUT2D eigenvalue weighted by molar-refractivity contribution is -0.121. The zero-order chi connectivity index (χ0) is 18.5. The Morgan fingerprint density at radius 1 is 1.35 bits per heavy atom. The number of amides is 1. The number of aryl methyl sites for hydroxylation is 1. The van der Waals surface area contributed by atoms with E-state index >= 15 is 0 Å². The van der Waals surface area contributed by atoms with Crippen molar-refractivity contribution < 1.29 is 9.53 Å². The summed E-state index contributed by atoms with van der Waals surface area (Å²) in [5, 5.41) is 9.88. The molecule has 3 aromatic rings. The molecule has 0 spiro atoms. The highest BCUT2D eigenvalue weighted by Crippen LogP contribution is 2.18. The van der Waals surface area contributed by atoms with E-state index in [1.165, 1.54) is 0 Å². The SMILES string of the molecule is COc1ccc(CNC(=O)Cn2c(-c3cccc(C)c3)n[nH]c2=S)cn1. The minimum Gasteiger partial charge on any atom is -0.481 e. The molecule has 0 bridgehead atoms. The van der Waals surface area contributed by atoms with Gasteiger partial charge in [0.15, 0.2) is 10.6 Å². The second-order valence-corrected chi connectivity index (χ2v) is 6.18. The summed E-state index contributed by atoms with van der Waals surface area (Å²) in [7, 11) is 1.56. The van der Waals surface area contributed by atoms with Crippen LogP contribution in [0.25, 0.3) is 11.4 Å². The monoisotopic (exact) mass is 369 g/mol. The molecule has 26 heavy (non-hydrogen) atoms. The Morgan fingerprint density at radius 3 is 2.88 bits per heavy atom. The summed E-state index contributed by atoms with van der Waals surface area (Å²) in [4.78, 5) is 16.5. The fraction of sp³-hybridized carbons (Fsp3) is 0.222. The summed E-state index contributed by atoms with van der Waals surface area (Å²) < 4.78 is 7.11. The molecule has 0 fully saturated rings. The lowest BCUT2D eigenvalue weighted by atomic mass is 10.1. The Balaban J connectivity index is 1.69. The molecule has 7 nitrogen and oxygen atoms in total. The molecule has 0 aliphatic carbocycles. The lowest BCUT2D eigenvalue weighted by Gasteiger charge is -2.09. The van der Waals surface area contributed by atoms with Gasteiger partial charge in [-0.1, -0.05) is 29.8 Å². The Hall–Kier alpha value is -3.00. The standard InChI is InChI=1S/C18H19N5O2S/c1-12-4-3-5-14(8-12)17-21-22-18(26)23(17)11-15(24)19-9-13-6-7-16(25-2)20-10-13/h3-8,10H,9,11H2,1-2H3,(H,19,24)(H,22,26). The first kappa shape index (κ1) is 17.8. The molecule has 134 valence electrons. The first-order chi connectivity index (χ1) is 12.6. The smallest absolute Gasteiger partial charge is 0.240 e. The zero-order valence-electron chi connectivity index (χ0n) is 14.5. The first-order valence-electron chi connectivity index (χ1n) is 8.04. The molecule has 0 saturated carbocycles. The van der Waals surface area contributed by atoms with Gasteiger partial charge in [-0.05, 0) is 30.8 Å². The minimum atomic E-state index is -0.160. The third-order valence-electron chi connectivity index (χ3n) is 3.83. The molecule has 0 radical (unpaired) electrons. The van der Waals surface area contributed by atoms with Crippen LogP contribution in [-0.4, -0.2) is 32.8 Å². The predicted octanol–water partition coefficient (Wildman–Crippen LogP) is 2.64. The van der Waals surface area contributed by atoms with Gasteiger partial charge in [-0.3, -0.25) is 14.5 Å². The molecule has 3 rings (SSSR count). The van der Waals surface area contributed by atoms with Crippen molar-refractivity contribution in [2.24, 2.45) is 0 Å². The van der Waals surface area contributed by atoms with Crippen LogP contribution in [0.3, 0.4) is 0 Å². The van der Waals surface area contributed by atoms with Crippen LogP contribution in [0.5, 0.6) is 5.88 Å². The summed E-state index contributed by atoms with van der Waals surface area (Å²) >= 11 is 5.27. The van der Waals surface area contributed by atoms with E-state index in [4.69, 9.17) is 17.0 Å². The number of aromatic amines is 1. The lowest BCUT2D eigenvalue weighted by Crippen LogP contribution is -2.27. The number of pyridine rings is 1. The number of carbonyl (C=O) groups is 1. The number of benzene rings is 1. The van der Waals surface area contributed by atoms with Gasteiger partial charge in [0.05, 0.1) is 7.11 Å². The van der Waals surface area contributed by atoms with Crippen LogP contribution in [-0.2, 0) is 17.9 Å². The molecule has 2 heterocycles. The molecule has 0 unspecified atom stereocenters. The summed E-state index contributed by atoms with van der Waals surface area (Å²) in [6, 6.07) is 11.5. The highest BCUT2D eigenvalue weighted by molar-refractivity contribution is 7.71. The number of H-pyrrole nitrogens is 1. The molecule has 8 heteroatoms. The number of hydrogen-bond acceptors (Lipinski definition) is 5. The first-order valence-corrected chi connectivity index (χ1v) is 8.45. The Kier molecular flexibility index (Phi) is 5.43. The van der Waals surface area contributed by atoms with E-state index in [1.807, 2.05) is 37.3 Å². The summed E-state index contributed by atoms with van der Waals surface area (Å²) in [5.74, 6) is 1.01. The number of nitrogens with one attached hydrogen (secondary N) is 2. The van der Waals surface area contributed by atoms with Crippen molar-refractivity contribution in [2.75, 3.05) is 7.11 Å². The number of ether oxygens (including phenoxy) is 1. The van der Waals surface area contributed by atoms with E-state index in [1.54, 1.807) is 23.9 Å². The van der Waals surface area contributed by atoms with Crippen molar-refractivity contribution >= 4 is 18.1 Å². The van der Waals surface area contributed by atoms with E-state index in [9.17, 15) is 4.79 Å². The van der Waals surface area contributed by atoms with Crippen molar-refractivity contribution in [3.05, 3.63) is 58.5 Å². The van der Waals surface area contributed by atoms with Gasteiger partial charge in [0.1, 0.15) is 6.54 Å². The molecule has 2 N–H and O–H groups in total. The minimum absolute atomic E-state index is 0.0855. The van der Waals surface area contributed by atoms with Gasteiger partial charge in [0, 0.05) is 24.4 Å². The van der Waals surface area contributed by atoms with E-state index in [0.29, 0.717) is 23.0 Å². The largest absolute Gasteiger partial charge is 0.481 e. The predicted molar refractivity (Wildman–Crippen MR) is 100 cm³/mol. The molecular formula is C18H19N5O2S. The van der Waals surface area contributed by atoms with Gasteiger partial charge >= 0.3 is 0 Å². The van der Waals surface area contributed by atoms with E-state index in [0.717, 1.165) is 16.7 Å². The Labute approximate surface area is 156 Å². The van der Waals surface area contributed by atoms with Gasteiger partial charge in [-0.2, -0.15) is 5.10 Å². The van der Waals surface area contributed by atoms with Gasteiger partial charge < -0.3 is 10.1 Å². The van der Waals surface area contributed by atoms with Crippen LogP contribution in [0.2, 0.25) is 0 Å². The molecule has 0 aliphatic rings. The van der Waals surface area contributed by atoms with E-state index in [-0.39, 0.29) is 12.5 Å². The van der Waals surface area contributed by atoms with E-state index < -0.39 is 0 Å². The third-order valence-corrected chi connectivity index (χ3v) is 4.14. The fourth-order valence-corrected chi connectivity index (χ4v) is 2.70. The second-order valence-electron chi connectivity index (χ2n) is 5.79. The van der Waals surface area contributed by atoms with Gasteiger partial charge in [-0.25, -0.2) is 4.98 Å². The van der Waals surface area contributed by atoms with Crippen molar-refractivity contribution in [1.29, 1.82) is 0 Å². The van der Waals surface area contributed by atoms with Crippen LogP contribution in [0.1, 0.15) is 11.1 Å². The normalized spacial score (nSPS) is 10.5. The van der Waals surface area contributed by atoms with Crippen LogP contribution in [0.15, 0.2) is 42.6 Å². The highest BCUT2D eigenvalue weighted by Gasteiger charge is 2.12. The molecule has 0 atom stereocenters. The molecule has 1 amide bonds. The fourth-order valence-electron chi connectivity index (χ4n) is 2.51. The average Bonchev–Trinajstić information content (AvgIpc) is 3.01. The van der Waals surface area contributed by atoms with Crippen molar-refractivity contribution in [2.45, 2.75) is 20.0 Å². The van der Waals surface area contributed by atoms with Gasteiger partial charge in [0.25, 0.3) is 0 Å². The van der Waals surface area contributed by atoms with E-state index in [2.05, 4.69) is 20.5 Å². The maximum Gasteiger partial charge on any atom is 0.240 e. The Bertz CT molecular complexity index is 962. The maximum atomic E-state index is 12.3. The summed E-state index contributed by atoms with van der Waals surface area (Å²) in [5.41, 5.74) is 2.90. The molecule has 0 saturated heterocycles. The molecule has 0 aliphatic heterocycles.